The Labute approximate surface area is 143 Å². The second kappa shape index (κ2) is 7.12. The topological polar surface area (TPSA) is 74.5 Å². The Balaban J connectivity index is 1.70. The number of rotatable bonds is 5. The smallest absolute Gasteiger partial charge is 0.338 e. The standard InChI is InChI=1S/C18H15FN2O4/c1-11(24-18(22)13-3-7-14(19)8-4-13)16-20-21-17(25-16)12-5-9-15(23-2)10-6-12/h3-11H,1-2H3/t11-/m0/s1. The molecule has 0 bridgehead atoms. The SMILES string of the molecule is COc1ccc(-c2nnc([C@H](C)OC(=O)c3ccc(F)cc3)o2)cc1. The van der Waals surface area contributed by atoms with Gasteiger partial charge >= 0.3 is 5.97 Å². The molecule has 0 aliphatic heterocycles. The monoisotopic (exact) mass is 342 g/mol. The zero-order valence-electron chi connectivity index (χ0n) is 13.6. The first-order valence-electron chi connectivity index (χ1n) is 7.51. The molecule has 25 heavy (non-hydrogen) atoms. The van der Waals surface area contributed by atoms with E-state index in [9.17, 15) is 9.18 Å². The van der Waals surface area contributed by atoms with Crippen LogP contribution in [0.2, 0.25) is 0 Å². The van der Waals surface area contributed by atoms with Crippen molar-refractivity contribution in [2.45, 2.75) is 13.0 Å². The van der Waals surface area contributed by atoms with E-state index >= 15 is 0 Å². The predicted molar refractivity (Wildman–Crippen MR) is 86.5 cm³/mol. The second-order valence-corrected chi connectivity index (χ2v) is 5.23. The lowest BCUT2D eigenvalue weighted by atomic mass is 10.2. The highest BCUT2D eigenvalue weighted by molar-refractivity contribution is 5.89. The summed E-state index contributed by atoms with van der Waals surface area (Å²) in [5.74, 6) is 0.163. The summed E-state index contributed by atoms with van der Waals surface area (Å²) in [5, 5.41) is 7.87. The number of halogens is 1. The third-order valence-electron chi connectivity index (χ3n) is 3.49. The van der Waals surface area contributed by atoms with Crippen LogP contribution in [0.5, 0.6) is 5.75 Å². The van der Waals surface area contributed by atoms with Crippen LogP contribution in [0.15, 0.2) is 52.9 Å². The summed E-state index contributed by atoms with van der Waals surface area (Å²) in [5.41, 5.74) is 0.958. The Hall–Kier alpha value is -3.22. The lowest BCUT2D eigenvalue weighted by Crippen LogP contribution is -2.09. The quantitative estimate of drug-likeness (QED) is 0.657. The van der Waals surface area contributed by atoms with Crippen LogP contribution in [0, 0.1) is 5.82 Å². The van der Waals surface area contributed by atoms with E-state index in [2.05, 4.69) is 10.2 Å². The molecular formula is C18H15FN2O4. The van der Waals surface area contributed by atoms with Crippen molar-refractivity contribution >= 4 is 5.97 Å². The highest BCUT2D eigenvalue weighted by atomic mass is 19.1. The van der Waals surface area contributed by atoms with E-state index in [1.165, 1.54) is 24.3 Å². The Kier molecular flexibility index (Phi) is 4.74. The molecule has 1 aromatic heterocycles. The van der Waals surface area contributed by atoms with Crippen LogP contribution in [0.3, 0.4) is 0 Å². The second-order valence-electron chi connectivity index (χ2n) is 5.23. The van der Waals surface area contributed by atoms with Crippen molar-refractivity contribution in [2.24, 2.45) is 0 Å². The molecule has 0 fully saturated rings. The third-order valence-corrected chi connectivity index (χ3v) is 3.49. The minimum atomic E-state index is -0.739. The number of esters is 1. The predicted octanol–water partition coefficient (Wildman–Crippen LogP) is 3.80. The summed E-state index contributed by atoms with van der Waals surface area (Å²) in [6.07, 6.45) is -0.739. The van der Waals surface area contributed by atoms with Gasteiger partial charge in [-0.2, -0.15) is 0 Å². The highest BCUT2D eigenvalue weighted by Crippen LogP contribution is 2.24. The summed E-state index contributed by atoms with van der Waals surface area (Å²) in [7, 11) is 1.58. The summed E-state index contributed by atoms with van der Waals surface area (Å²) < 4.78 is 28.8. The summed E-state index contributed by atoms with van der Waals surface area (Å²) in [4.78, 5) is 12.0. The lowest BCUT2D eigenvalue weighted by molar-refractivity contribution is 0.0280. The fourth-order valence-electron chi connectivity index (χ4n) is 2.11. The van der Waals surface area contributed by atoms with Crippen molar-refractivity contribution in [3.05, 3.63) is 65.8 Å². The van der Waals surface area contributed by atoms with Crippen LogP contribution in [0.1, 0.15) is 29.3 Å². The number of carbonyl (C=O) groups is 1. The van der Waals surface area contributed by atoms with E-state index in [0.717, 1.165) is 5.56 Å². The van der Waals surface area contributed by atoms with E-state index in [0.29, 0.717) is 11.6 Å². The number of aromatic nitrogens is 2. The van der Waals surface area contributed by atoms with Crippen LogP contribution >= 0.6 is 0 Å². The molecule has 0 saturated carbocycles. The molecule has 0 aliphatic rings. The molecule has 0 spiro atoms. The summed E-state index contributed by atoms with van der Waals surface area (Å²) >= 11 is 0. The van der Waals surface area contributed by atoms with Gasteiger partial charge in [0.25, 0.3) is 5.89 Å². The molecule has 7 heteroatoms. The van der Waals surface area contributed by atoms with Crippen LogP contribution in [0.4, 0.5) is 4.39 Å². The normalized spacial score (nSPS) is 11.8. The van der Waals surface area contributed by atoms with Crippen molar-refractivity contribution in [3.8, 4) is 17.2 Å². The maximum absolute atomic E-state index is 12.9. The molecule has 0 radical (unpaired) electrons. The molecule has 0 saturated heterocycles. The molecule has 0 N–H and O–H groups in total. The Morgan fingerprint density at radius 2 is 1.76 bits per heavy atom. The first-order chi connectivity index (χ1) is 12.1. The first-order valence-corrected chi connectivity index (χ1v) is 7.51. The number of ether oxygens (including phenoxy) is 2. The number of carbonyl (C=O) groups excluding carboxylic acids is 1. The van der Waals surface area contributed by atoms with Crippen molar-refractivity contribution in [3.63, 3.8) is 0 Å². The van der Waals surface area contributed by atoms with Gasteiger partial charge < -0.3 is 13.9 Å². The lowest BCUT2D eigenvalue weighted by Gasteiger charge is -2.09. The minimum Gasteiger partial charge on any atom is -0.497 e. The van der Waals surface area contributed by atoms with Gasteiger partial charge in [0.05, 0.1) is 12.7 Å². The van der Waals surface area contributed by atoms with Crippen LogP contribution in [0.25, 0.3) is 11.5 Å². The minimum absolute atomic E-state index is 0.168. The molecule has 1 heterocycles. The van der Waals surface area contributed by atoms with Gasteiger partial charge in [0.2, 0.25) is 5.89 Å². The van der Waals surface area contributed by atoms with E-state index in [-0.39, 0.29) is 11.5 Å². The molecule has 3 rings (SSSR count). The Morgan fingerprint density at radius 3 is 2.40 bits per heavy atom. The van der Waals surface area contributed by atoms with Gasteiger partial charge in [0, 0.05) is 5.56 Å². The first kappa shape index (κ1) is 16.6. The van der Waals surface area contributed by atoms with Crippen molar-refractivity contribution in [1.29, 1.82) is 0 Å². The highest BCUT2D eigenvalue weighted by Gasteiger charge is 2.20. The van der Waals surface area contributed by atoms with Gasteiger partial charge in [-0.1, -0.05) is 0 Å². The fraction of sp³-hybridized carbons (Fsp3) is 0.167. The summed E-state index contributed by atoms with van der Waals surface area (Å²) in [6.45, 7) is 1.62. The van der Waals surface area contributed by atoms with Gasteiger partial charge in [-0.15, -0.1) is 10.2 Å². The van der Waals surface area contributed by atoms with Crippen LogP contribution in [-0.4, -0.2) is 23.3 Å². The van der Waals surface area contributed by atoms with E-state index in [1.54, 1.807) is 38.3 Å². The zero-order valence-corrected chi connectivity index (χ0v) is 13.6. The molecule has 128 valence electrons. The molecule has 0 aliphatic carbocycles. The molecule has 1 atom stereocenters. The maximum atomic E-state index is 12.9. The number of hydrogen-bond acceptors (Lipinski definition) is 6. The van der Waals surface area contributed by atoms with E-state index < -0.39 is 17.9 Å². The number of hydrogen-bond donors (Lipinski definition) is 0. The number of nitrogens with zero attached hydrogens (tertiary/aromatic N) is 2. The molecule has 6 nitrogen and oxygen atoms in total. The van der Waals surface area contributed by atoms with Gasteiger partial charge in [-0.25, -0.2) is 9.18 Å². The van der Waals surface area contributed by atoms with Crippen molar-refractivity contribution in [2.75, 3.05) is 7.11 Å². The van der Waals surface area contributed by atoms with Gasteiger partial charge in [0.15, 0.2) is 6.10 Å². The molecular weight excluding hydrogens is 327 g/mol. The van der Waals surface area contributed by atoms with Crippen LogP contribution < -0.4 is 4.74 Å². The Bertz CT molecular complexity index is 860. The van der Waals surface area contributed by atoms with Crippen molar-refractivity contribution in [1.82, 2.24) is 10.2 Å². The maximum Gasteiger partial charge on any atom is 0.338 e. The van der Waals surface area contributed by atoms with Gasteiger partial charge in [-0.3, -0.25) is 0 Å². The largest absolute Gasteiger partial charge is 0.497 e. The van der Waals surface area contributed by atoms with E-state index in [4.69, 9.17) is 13.9 Å². The third kappa shape index (κ3) is 3.82. The van der Waals surface area contributed by atoms with Gasteiger partial charge in [0.1, 0.15) is 11.6 Å². The van der Waals surface area contributed by atoms with Gasteiger partial charge in [-0.05, 0) is 55.5 Å². The molecule has 0 amide bonds. The summed E-state index contributed by atoms with van der Waals surface area (Å²) in [6, 6.07) is 12.2. The zero-order chi connectivity index (χ0) is 17.8. The molecule has 2 aromatic carbocycles. The van der Waals surface area contributed by atoms with E-state index in [1.807, 2.05) is 0 Å². The number of methoxy groups -OCH3 is 1. The molecule has 0 unspecified atom stereocenters. The Morgan fingerprint density at radius 1 is 1.08 bits per heavy atom. The average molecular weight is 342 g/mol. The number of benzene rings is 2. The van der Waals surface area contributed by atoms with Crippen molar-refractivity contribution < 1.29 is 23.1 Å². The average Bonchev–Trinajstić information content (AvgIpc) is 3.12. The molecule has 3 aromatic rings. The fourth-order valence-corrected chi connectivity index (χ4v) is 2.11. The van der Waals surface area contributed by atoms with Crippen LogP contribution in [-0.2, 0) is 4.74 Å².